The van der Waals surface area contributed by atoms with Gasteiger partial charge in [-0.3, -0.25) is 0 Å². The summed E-state index contributed by atoms with van der Waals surface area (Å²) in [6.45, 7) is 4.08. The molecule has 0 saturated heterocycles. The van der Waals surface area contributed by atoms with Crippen molar-refractivity contribution in [3.05, 3.63) is 0 Å². The van der Waals surface area contributed by atoms with Gasteiger partial charge in [0, 0.05) is 5.41 Å². The van der Waals surface area contributed by atoms with Crippen molar-refractivity contribution in [1.82, 2.24) is 0 Å². The summed E-state index contributed by atoms with van der Waals surface area (Å²) in [5.74, 6) is 0. The van der Waals surface area contributed by atoms with Crippen LogP contribution in [0.1, 0.15) is 46.0 Å². The molecular weight excluding hydrogens is 152 g/mol. The van der Waals surface area contributed by atoms with Crippen LogP contribution >= 0.6 is 0 Å². The van der Waals surface area contributed by atoms with E-state index in [1.165, 1.54) is 0 Å². The van der Waals surface area contributed by atoms with Gasteiger partial charge < -0.3 is 9.90 Å². The van der Waals surface area contributed by atoms with Crippen LogP contribution in [0.4, 0.5) is 0 Å². The number of hydrogen-bond donors (Lipinski definition) is 1. The number of aliphatic hydroxyl groups excluding tert-OH is 1. The largest absolute Gasteiger partial charge is 0.395 e. The highest BCUT2D eigenvalue weighted by atomic mass is 16.3. The van der Waals surface area contributed by atoms with Crippen LogP contribution in [0.15, 0.2) is 0 Å². The summed E-state index contributed by atoms with van der Waals surface area (Å²) < 4.78 is 0. The van der Waals surface area contributed by atoms with E-state index in [1.54, 1.807) is 0 Å². The molecule has 0 fully saturated rings. The average Bonchev–Trinajstić information content (AvgIpc) is 2.14. The molecule has 1 atom stereocenters. The molecule has 0 aromatic heterocycles. The molecule has 0 aliphatic carbocycles. The van der Waals surface area contributed by atoms with Gasteiger partial charge in [0.2, 0.25) is 0 Å². The molecule has 1 unspecified atom stereocenters. The highest BCUT2D eigenvalue weighted by Crippen LogP contribution is 2.25. The Morgan fingerprint density at radius 1 is 1.33 bits per heavy atom. The average molecular weight is 172 g/mol. The molecule has 0 amide bonds. The molecule has 0 bridgehead atoms. The van der Waals surface area contributed by atoms with Gasteiger partial charge in [-0.25, -0.2) is 0 Å². The van der Waals surface area contributed by atoms with E-state index in [0.29, 0.717) is 0 Å². The van der Waals surface area contributed by atoms with Crippen LogP contribution in [-0.2, 0) is 4.79 Å². The smallest absolute Gasteiger partial charge is 0.128 e. The van der Waals surface area contributed by atoms with Crippen molar-refractivity contribution in [2.24, 2.45) is 5.41 Å². The zero-order chi connectivity index (χ0) is 9.45. The van der Waals surface area contributed by atoms with Crippen LogP contribution in [0.5, 0.6) is 0 Å². The predicted molar refractivity (Wildman–Crippen MR) is 50.0 cm³/mol. The molecule has 0 spiro atoms. The van der Waals surface area contributed by atoms with Gasteiger partial charge in [0.15, 0.2) is 0 Å². The Bertz CT molecular complexity index is 117. The Labute approximate surface area is 75.0 Å². The molecule has 0 heterocycles. The van der Waals surface area contributed by atoms with E-state index in [4.69, 9.17) is 5.11 Å². The molecule has 0 saturated carbocycles. The van der Waals surface area contributed by atoms with E-state index in [1.807, 2.05) is 6.92 Å². The predicted octanol–water partition coefficient (Wildman–Crippen LogP) is 2.15. The van der Waals surface area contributed by atoms with Crippen LogP contribution in [0, 0.1) is 5.41 Å². The van der Waals surface area contributed by atoms with Gasteiger partial charge >= 0.3 is 0 Å². The minimum Gasteiger partial charge on any atom is -0.395 e. The van der Waals surface area contributed by atoms with Gasteiger partial charge in [-0.1, -0.05) is 33.1 Å². The van der Waals surface area contributed by atoms with Gasteiger partial charge in [0.05, 0.1) is 6.61 Å². The summed E-state index contributed by atoms with van der Waals surface area (Å²) in [6.07, 6.45) is 5.85. The van der Waals surface area contributed by atoms with E-state index in [2.05, 4.69) is 6.92 Å². The van der Waals surface area contributed by atoms with E-state index in [-0.39, 0.29) is 6.61 Å². The SMILES string of the molecule is CCCCCC(C=O)(CC)CO. The number of hydrogen-bond acceptors (Lipinski definition) is 2. The third-order valence-corrected chi connectivity index (χ3v) is 2.55. The first-order valence-electron chi connectivity index (χ1n) is 4.82. The van der Waals surface area contributed by atoms with E-state index < -0.39 is 5.41 Å². The van der Waals surface area contributed by atoms with Crippen LogP contribution in [0.3, 0.4) is 0 Å². The number of aldehydes is 1. The molecule has 0 aliphatic heterocycles. The number of aliphatic hydroxyl groups is 1. The monoisotopic (exact) mass is 172 g/mol. The topological polar surface area (TPSA) is 37.3 Å². The molecular formula is C10H20O2. The minimum absolute atomic E-state index is 0.00326. The molecule has 1 N–H and O–H groups in total. The first kappa shape index (κ1) is 11.6. The molecule has 12 heavy (non-hydrogen) atoms. The fourth-order valence-electron chi connectivity index (χ4n) is 1.27. The lowest BCUT2D eigenvalue weighted by atomic mass is 9.82. The van der Waals surface area contributed by atoms with Gasteiger partial charge in [0.25, 0.3) is 0 Å². The third kappa shape index (κ3) is 3.35. The summed E-state index contributed by atoms with van der Waals surface area (Å²) in [5, 5.41) is 9.04. The lowest BCUT2D eigenvalue weighted by molar-refractivity contribution is -0.119. The van der Waals surface area contributed by atoms with Gasteiger partial charge in [-0.15, -0.1) is 0 Å². The molecule has 2 nitrogen and oxygen atoms in total. The quantitative estimate of drug-likeness (QED) is 0.472. The summed E-state index contributed by atoms with van der Waals surface area (Å²) >= 11 is 0. The molecule has 0 radical (unpaired) electrons. The van der Waals surface area contributed by atoms with E-state index in [0.717, 1.165) is 38.4 Å². The maximum absolute atomic E-state index is 10.7. The second-order valence-electron chi connectivity index (χ2n) is 3.45. The van der Waals surface area contributed by atoms with Gasteiger partial charge in [-0.2, -0.15) is 0 Å². The molecule has 0 aromatic carbocycles. The Morgan fingerprint density at radius 3 is 2.33 bits per heavy atom. The first-order chi connectivity index (χ1) is 5.74. The second kappa shape index (κ2) is 6.18. The standard InChI is InChI=1S/C10H20O2/c1-3-5-6-7-10(4-2,8-11)9-12/h8,12H,3-7,9H2,1-2H3. The second-order valence-corrected chi connectivity index (χ2v) is 3.45. The maximum atomic E-state index is 10.7. The molecule has 72 valence electrons. The molecule has 0 aromatic rings. The lowest BCUT2D eigenvalue weighted by Crippen LogP contribution is -2.26. The van der Waals surface area contributed by atoms with Crippen LogP contribution in [-0.4, -0.2) is 18.0 Å². The number of rotatable bonds is 7. The highest BCUT2D eigenvalue weighted by molar-refractivity contribution is 5.59. The number of carbonyl (C=O) groups is 1. The summed E-state index contributed by atoms with van der Waals surface area (Å²) in [5.41, 5.74) is -0.449. The van der Waals surface area contributed by atoms with Crippen molar-refractivity contribution < 1.29 is 9.90 Å². The summed E-state index contributed by atoms with van der Waals surface area (Å²) in [6, 6.07) is 0. The van der Waals surface area contributed by atoms with Gasteiger partial charge in [-0.05, 0) is 12.8 Å². The molecule has 2 heteroatoms. The summed E-state index contributed by atoms with van der Waals surface area (Å²) in [4.78, 5) is 10.7. The molecule has 0 aliphatic rings. The Hall–Kier alpha value is -0.370. The van der Waals surface area contributed by atoms with Crippen LogP contribution in [0.25, 0.3) is 0 Å². The van der Waals surface area contributed by atoms with Crippen molar-refractivity contribution in [1.29, 1.82) is 0 Å². The number of unbranched alkanes of at least 4 members (excludes halogenated alkanes) is 2. The Kier molecular flexibility index (Phi) is 5.99. The Balaban J connectivity index is 3.84. The Morgan fingerprint density at radius 2 is 2.00 bits per heavy atom. The van der Waals surface area contributed by atoms with Crippen LogP contribution < -0.4 is 0 Å². The van der Waals surface area contributed by atoms with Crippen molar-refractivity contribution in [3.8, 4) is 0 Å². The van der Waals surface area contributed by atoms with Crippen molar-refractivity contribution in [3.63, 3.8) is 0 Å². The fraction of sp³-hybridized carbons (Fsp3) is 0.900. The third-order valence-electron chi connectivity index (χ3n) is 2.55. The summed E-state index contributed by atoms with van der Waals surface area (Å²) in [7, 11) is 0. The first-order valence-corrected chi connectivity index (χ1v) is 4.82. The van der Waals surface area contributed by atoms with Crippen molar-refractivity contribution >= 4 is 6.29 Å². The highest BCUT2D eigenvalue weighted by Gasteiger charge is 2.25. The van der Waals surface area contributed by atoms with Crippen molar-refractivity contribution in [2.45, 2.75) is 46.0 Å². The zero-order valence-corrected chi connectivity index (χ0v) is 8.18. The lowest BCUT2D eigenvalue weighted by Gasteiger charge is -2.23. The van der Waals surface area contributed by atoms with Gasteiger partial charge in [0.1, 0.15) is 6.29 Å². The normalized spacial score (nSPS) is 15.6. The van der Waals surface area contributed by atoms with E-state index in [9.17, 15) is 4.79 Å². The van der Waals surface area contributed by atoms with Crippen molar-refractivity contribution in [2.75, 3.05) is 6.61 Å². The maximum Gasteiger partial charge on any atom is 0.128 e. The molecule has 0 rings (SSSR count). The zero-order valence-electron chi connectivity index (χ0n) is 8.18. The fourth-order valence-corrected chi connectivity index (χ4v) is 1.27. The van der Waals surface area contributed by atoms with Crippen LogP contribution in [0.2, 0.25) is 0 Å². The minimum atomic E-state index is -0.449. The number of carbonyl (C=O) groups excluding carboxylic acids is 1. The van der Waals surface area contributed by atoms with E-state index >= 15 is 0 Å².